The zero-order valence-corrected chi connectivity index (χ0v) is 19.9. The predicted molar refractivity (Wildman–Crippen MR) is 132 cm³/mol. The maximum atomic E-state index is 13.0. The second-order valence-electron chi connectivity index (χ2n) is 8.53. The Morgan fingerprint density at radius 2 is 1.58 bits per heavy atom. The highest BCUT2D eigenvalue weighted by atomic mass is 32.2. The first-order valence-electron chi connectivity index (χ1n) is 10.8. The van der Waals surface area contributed by atoms with Gasteiger partial charge in [-0.05, 0) is 44.0 Å². The lowest BCUT2D eigenvalue weighted by Gasteiger charge is -2.23. The number of thioether (sulfide) groups is 1. The Morgan fingerprint density at radius 3 is 2.15 bits per heavy atom. The zero-order chi connectivity index (χ0) is 23.7. The third-order valence-corrected chi connectivity index (χ3v) is 5.58. The van der Waals surface area contributed by atoms with Crippen molar-refractivity contribution in [2.75, 3.05) is 5.32 Å². The van der Waals surface area contributed by atoms with Crippen molar-refractivity contribution in [1.29, 1.82) is 0 Å². The highest BCUT2D eigenvalue weighted by molar-refractivity contribution is 7.98. The number of hydrogen-bond donors (Lipinski definition) is 2. The minimum atomic E-state index is -0.809. The van der Waals surface area contributed by atoms with Crippen LogP contribution in [-0.2, 0) is 21.7 Å². The average Bonchev–Trinajstić information content (AvgIpc) is 2.78. The van der Waals surface area contributed by atoms with Crippen LogP contribution in [0.3, 0.4) is 0 Å². The molecule has 0 fully saturated rings. The number of benzene rings is 2. The molecule has 2 N–H and O–H groups in total. The summed E-state index contributed by atoms with van der Waals surface area (Å²) in [5.41, 5.74) is 1.50. The Bertz CT molecular complexity index is 1040. The summed E-state index contributed by atoms with van der Waals surface area (Å²) in [6.07, 6.45) is 1.42. The van der Waals surface area contributed by atoms with Crippen molar-refractivity contribution >= 4 is 29.6 Å². The number of carbonyl (C=O) groups is 2. The third-order valence-electron chi connectivity index (χ3n) is 4.53. The third kappa shape index (κ3) is 8.61. The van der Waals surface area contributed by atoms with Crippen LogP contribution in [0, 0.1) is 0 Å². The molecule has 33 heavy (non-hydrogen) atoms. The highest BCUT2D eigenvalue weighted by Crippen LogP contribution is 2.23. The smallest absolute Gasteiger partial charge is 0.408 e. The molecular formula is C26H29N3O3S. The van der Waals surface area contributed by atoms with Crippen LogP contribution in [0.25, 0.3) is 0 Å². The van der Waals surface area contributed by atoms with Gasteiger partial charge in [0.2, 0.25) is 5.91 Å². The normalized spacial score (nSPS) is 12.0. The monoisotopic (exact) mass is 463 g/mol. The van der Waals surface area contributed by atoms with Gasteiger partial charge in [-0.2, -0.15) is 0 Å². The van der Waals surface area contributed by atoms with Gasteiger partial charge in [0.05, 0.1) is 0 Å². The molecule has 0 saturated carbocycles. The summed E-state index contributed by atoms with van der Waals surface area (Å²) < 4.78 is 5.34. The Morgan fingerprint density at radius 1 is 0.939 bits per heavy atom. The molecule has 2 aromatic carbocycles. The maximum Gasteiger partial charge on any atom is 0.408 e. The lowest BCUT2D eigenvalue weighted by molar-refractivity contribution is -0.118. The van der Waals surface area contributed by atoms with Gasteiger partial charge >= 0.3 is 6.09 Å². The standard InChI is InChI=1S/C26H29N3O3S/c1-26(2,3)32-25(31)28-22(16-19-10-6-4-7-11-19)24(30)29-23-15-14-21(17-27-23)33-18-20-12-8-5-9-13-20/h4-15,17,22H,16,18H2,1-3H3,(H,28,31)(H,27,29,30). The number of aromatic nitrogens is 1. The number of hydrogen-bond acceptors (Lipinski definition) is 5. The van der Waals surface area contributed by atoms with Gasteiger partial charge in [0.25, 0.3) is 0 Å². The second kappa shape index (κ2) is 11.5. The van der Waals surface area contributed by atoms with Crippen LogP contribution < -0.4 is 10.6 Å². The van der Waals surface area contributed by atoms with E-state index in [0.29, 0.717) is 12.2 Å². The van der Waals surface area contributed by atoms with E-state index >= 15 is 0 Å². The fourth-order valence-corrected chi connectivity index (χ4v) is 3.82. The van der Waals surface area contributed by atoms with Gasteiger partial charge in [-0.25, -0.2) is 9.78 Å². The number of alkyl carbamates (subject to hydrolysis) is 1. The molecule has 0 aliphatic rings. The molecule has 1 atom stereocenters. The SMILES string of the molecule is CC(C)(C)OC(=O)NC(Cc1ccccc1)C(=O)Nc1ccc(SCc2ccccc2)cn1. The van der Waals surface area contributed by atoms with Crippen LogP contribution in [0.2, 0.25) is 0 Å². The van der Waals surface area contributed by atoms with E-state index in [1.165, 1.54) is 5.56 Å². The number of carbonyl (C=O) groups excluding carboxylic acids is 2. The molecule has 0 saturated heterocycles. The molecule has 2 amide bonds. The summed E-state index contributed by atoms with van der Waals surface area (Å²) in [4.78, 5) is 30.7. The summed E-state index contributed by atoms with van der Waals surface area (Å²) in [7, 11) is 0. The van der Waals surface area contributed by atoms with E-state index in [-0.39, 0.29) is 5.91 Å². The lowest BCUT2D eigenvalue weighted by atomic mass is 10.1. The summed E-state index contributed by atoms with van der Waals surface area (Å²) in [6.45, 7) is 5.33. The molecule has 0 radical (unpaired) electrons. The predicted octanol–water partition coefficient (Wildman–Crippen LogP) is 5.45. The molecule has 6 nitrogen and oxygen atoms in total. The van der Waals surface area contributed by atoms with E-state index in [4.69, 9.17) is 4.74 Å². The number of ether oxygens (including phenoxy) is 1. The Balaban J connectivity index is 1.63. The fourth-order valence-electron chi connectivity index (χ4n) is 3.00. The number of amides is 2. The molecule has 0 bridgehead atoms. The minimum absolute atomic E-state index is 0.330. The Kier molecular flexibility index (Phi) is 8.49. The van der Waals surface area contributed by atoms with Crippen molar-refractivity contribution in [3.63, 3.8) is 0 Å². The van der Waals surface area contributed by atoms with Gasteiger partial charge in [0.1, 0.15) is 17.5 Å². The number of nitrogens with zero attached hydrogens (tertiary/aromatic N) is 1. The van der Waals surface area contributed by atoms with Gasteiger partial charge in [-0.3, -0.25) is 4.79 Å². The molecule has 0 aliphatic heterocycles. The van der Waals surface area contributed by atoms with Gasteiger partial charge in [-0.1, -0.05) is 60.7 Å². The van der Waals surface area contributed by atoms with Crippen molar-refractivity contribution in [2.45, 2.75) is 49.5 Å². The molecular weight excluding hydrogens is 434 g/mol. The van der Waals surface area contributed by atoms with Crippen LogP contribution in [-0.4, -0.2) is 28.6 Å². The van der Waals surface area contributed by atoms with Crippen molar-refractivity contribution in [3.05, 3.63) is 90.1 Å². The number of pyridine rings is 1. The van der Waals surface area contributed by atoms with E-state index in [0.717, 1.165) is 16.2 Å². The van der Waals surface area contributed by atoms with Crippen LogP contribution in [0.4, 0.5) is 10.6 Å². The van der Waals surface area contributed by atoms with E-state index in [9.17, 15) is 9.59 Å². The molecule has 3 rings (SSSR count). The van der Waals surface area contributed by atoms with E-state index in [1.54, 1.807) is 44.8 Å². The van der Waals surface area contributed by atoms with Crippen LogP contribution in [0.5, 0.6) is 0 Å². The van der Waals surface area contributed by atoms with Gasteiger partial charge in [0, 0.05) is 23.3 Å². The van der Waals surface area contributed by atoms with Crippen LogP contribution in [0.1, 0.15) is 31.9 Å². The molecule has 3 aromatic rings. The molecule has 172 valence electrons. The molecule has 1 unspecified atom stereocenters. The Hall–Kier alpha value is -3.32. The quantitative estimate of drug-likeness (QED) is 0.434. The molecule has 1 aromatic heterocycles. The van der Waals surface area contributed by atoms with E-state index in [1.807, 2.05) is 54.6 Å². The van der Waals surface area contributed by atoms with Crippen molar-refractivity contribution in [3.8, 4) is 0 Å². The van der Waals surface area contributed by atoms with Crippen LogP contribution >= 0.6 is 11.8 Å². The summed E-state index contributed by atoms with van der Waals surface area (Å²) in [5.74, 6) is 0.905. The van der Waals surface area contributed by atoms with Gasteiger partial charge in [0.15, 0.2) is 0 Å². The first-order valence-corrected chi connectivity index (χ1v) is 11.7. The van der Waals surface area contributed by atoms with Gasteiger partial charge in [-0.15, -0.1) is 11.8 Å². The molecule has 1 heterocycles. The van der Waals surface area contributed by atoms with E-state index < -0.39 is 17.7 Å². The minimum Gasteiger partial charge on any atom is -0.444 e. The largest absolute Gasteiger partial charge is 0.444 e. The summed E-state index contributed by atoms with van der Waals surface area (Å²) >= 11 is 1.67. The summed E-state index contributed by atoms with van der Waals surface area (Å²) in [6, 6.07) is 22.6. The number of rotatable bonds is 8. The van der Waals surface area contributed by atoms with Gasteiger partial charge < -0.3 is 15.4 Å². The molecule has 7 heteroatoms. The maximum absolute atomic E-state index is 13.0. The van der Waals surface area contributed by atoms with Crippen LogP contribution in [0.15, 0.2) is 83.9 Å². The molecule has 0 aliphatic carbocycles. The Labute approximate surface area is 199 Å². The zero-order valence-electron chi connectivity index (χ0n) is 19.1. The fraction of sp³-hybridized carbons (Fsp3) is 0.269. The summed E-state index contributed by atoms with van der Waals surface area (Å²) in [5, 5.41) is 5.49. The first kappa shape index (κ1) is 24.3. The van der Waals surface area contributed by atoms with Crippen molar-refractivity contribution < 1.29 is 14.3 Å². The average molecular weight is 464 g/mol. The van der Waals surface area contributed by atoms with Crippen molar-refractivity contribution in [1.82, 2.24) is 10.3 Å². The first-order chi connectivity index (χ1) is 15.8. The number of anilines is 1. The lowest BCUT2D eigenvalue weighted by Crippen LogP contribution is -2.47. The topological polar surface area (TPSA) is 80.3 Å². The highest BCUT2D eigenvalue weighted by Gasteiger charge is 2.25. The second-order valence-corrected chi connectivity index (χ2v) is 9.58. The number of nitrogens with one attached hydrogen (secondary N) is 2. The van der Waals surface area contributed by atoms with E-state index in [2.05, 4.69) is 27.8 Å². The molecule has 0 spiro atoms. The van der Waals surface area contributed by atoms with Crippen molar-refractivity contribution in [2.24, 2.45) is 0 Å².